The number of benzene rings is 1. The van der Waals surface area contributed by atoms with Gasteiger partial charge in [-0.3, -0.25) is 9.78 Å². The van der Waals surface area contributed by atoms with Gasteiger partial charge < -0.3 is 10.2 Å². The van der Waals surface area contributed by atoms with E-state index < -0.39 is 23.5 Å². The minimum atomic E-state index is -2.75. The Morgan fingerprint density at radius 1 is 1.03 bits per heavy atom. The quantitative estimate of drug-likeness (QED) is 0.439. The Morgan fingerprint density at radius 2 is 1.75 bits per heavy atom. The van der Waals surface area contributed by atoms with Crippen molar-refractivity contribution in [3.63, 3.8) is 0 Å². The highest BCUT2D eigenvalue weighted by molar-refractivity contribution is 6.06. The number of alkyl halides is 2. The minimum absolute atomic E-state index is 0.0616. The van der Waals surface area contributed by atoms with Crippen LogP contribution in [0.15, 0.2) is 42.9 Å². The molecule has 6 nitrogen and oxygen atoms in total. The Labute approximate surface area is 205 Å². The number of nitrogens with zero attached hydrogens (tertiary/aromatic N) is 4. The number of carbonyl (C=O) groups is 1. The van der Waals surface area contributed by atoms with E-state index in [-0.39, 0.29) is 54.0 Å². The van der Waals surface area contributed by atoms with Crippen molar-refractivity contribution in [3.05, 3.63) is 65.7 Å². The zero-order valence-electron chi connectivity index (χ0n) is 19.6. The van der Waals surface area contributed by atoms with Crippen molar-refractivity contribution in [2.24, 2.45) is 0 Å². The van der Waals surface area contributed by atoms with Crippen molar-refractivity contribution in [3.8, 4) is 11.1 Å². The summed E-state index contributed by atoms with van der Waals surface area (Å²) in [4.78, 5) is 28.2. The molecule has 2 aromatic heterocycles. The van der Waals surface area contributed by atoms with Gasteiger partial charge in [-0.05, 0) is 50.5 Å². The van der Waals surface area contributed by atoms with Crippen molar-refractivity contribution in [2.75, 3.05) is 16.8 Å². The molecule has 0 unspecified atom stereocenters. The van der Waals surface area contributed by atoms with E-state index >= 15 is 0 Å². The van der Waals surface area contributed by atoms with Crippen molar-refractivity contribution < 1.29 is 22.4 Å². The summed E-state index contributed by atoms with van der Waals surface area (Å²) in [5, 5.41) is 2.77. The number of aromatic nitrogens is 3. The van der Waals surface area contributed by atoms with Gasteiger partial charge in [0.1, 0.15) is 11.6 Å². The summed E-state index contributed by atoms with van der Waals surface area (Å²) in [5.74, 6) is -4.49. The van der Waals surface area contributed by atoms with Crippen molar-refractivity contribution >= 4 is 17.5 Å². The highest BCUT2D eigenvalue weighted by atomic mass is 19.3. The second kappa shape index (κ2) is 9.48. The Bertz CT molecular complexity index is 1270. The molecule has 3 aromatic rings. The summed E-state index contributed by atoms with van der Waals surface area (Å²) in [5.41, 5.74) is 0.861. The van der Waals surface area contributed by atoms with Gasteiger partial charge in [0.15, 0.2) is 0 Å². The van der Waals surface area contributed by atoms with Crippen LogP contribution in [0.25, 0.3) is 11.1 Å². The lowest BCUT2D eigenvalue weighted by molar-refractivity contribution is -0.0384. The normalized spacial score (nSPS) is 19.6. The van der Waals surface area contributed by atoms with Crippen molar-refractivity contribution in [2.45, 2.75) is 56.9 Å². The van der Waals surface area contributed by atoms with Crippen LogP contribution in [0.4, 0.5) is 29.2 Å². The smallest absolute Gasteiger partial charge is 0.258 e. The maximum Gasteiger partial charge on any atom is 0.258 e. The minimum Gasteiger partial charge on any atom is -0.338 e. The molecule has 188 valence electrons. The van der Waals surface area contributed by atoms with Crippen LogP contribution in [0.1, 0.15) is 61.0 Å². The molecule has 1 saturated heterocycles. The van der Waals surface area contributed by atoms with E-state index in [4.69, 9.17) is 0 Å². The Balaban J connectivity index is 1.50. The fraction of sp³-hybridized carbons (Fsp3) is 0.385. The predicted molar refractivity (Wildman–Crippen MR) is 127 cm³/mol. The number of hydrogen-bond donors (Lipinski definition) is 1. The number of carbonyl (C=O) groups excluding carboxylic acids is 1. The van der Waals surface area contributed by atoms with E-state index in [0.29, 0.717) is 17.7 Å². The molecule has 0 bridgehead atoms. The van der Waals surface area contributed by atoms with Gasteiger partial charge >= 0.3 is 0 Å². The fourth-order valence-corrected chi connectivity index (χ4v) is 4.75. The summed E-state index contributed by atoms with van der Waals surface area (Å²) in [7, 11) is 0. The highest BCUT2D eigenvalue weighted by Crippen LogP contribution is 2.44. The van der Waals surface area contributed by atoms with Crippen LogP contribution in [0, 0.1) is 11.6 Å². The molecule has 2 aliphatic rings. The third kappa shape index (κ3) is 4.76. The second-order valence-corrected chi connectivity index (χ2v) is 9.43. The van der Waals surface area contributed by atoms with E-state index in [1.54, 1.807) is 0 Å². The van der Waals surface area contributed by atoms with Crippen molar-refractivity contribution in [1.29, 1.82) is 0 Å². The van der Waals surface area contributed by atoms with E-state index in [0.717, 1.165) is 31.2 Å². The van der Waals surface area contributed by atoms with Gasteiger partial charge in [-0.1, -0.05) is 0 Å². The summed E-state index contributed by atoms with van der Waals surface area (Å²) in [6, 6.07) is 4.83. The number of hydrogen-bond acceptors (Lipinski definition) is 5. The molecular formula is C26H25F4N5O. The number of halogens is 4. The van der Waals surface area contributed by atoms with Crippen LogP contribution in [-0.2, 0) is 0 Å². The largest absolute Gasteiger partial charge is 0.338 e. The number of amides is 1. The molecule has 3 heterocycles. The first-order chi connectivity index (χ1) is 17.2. The van der Waals surface area contributed by atoms with Crippen molar-refractivity contribution in [1.82, 2.24) is 15.0 Å². The second-order valence-electron chi connectivity index (χ2n) is 9.43. The molecular weight excluding hydrogens is 474 g/mol. The molecule has 1 aromatic carbocycles. The molecule has 0 spiro atoms. The van der Waals surface area contributed by atoms with E-state index in [1.165, 1.54) is 24.7 Å². The summed E-state index contributed by atoms with van der Waals surface area (Å²) < 4.78 is 56.4. The van der Waals surface area contributed by atoms with E-state index in [1.807, 2.05) is 4.90 Å². The highest BCUT2D eigenvalue weighted by Gasteiger charge is 2.37. The van der Waals surface area contributed by atoms with Crippen LogP contribution in [0.5, 0.6) is 0 Å². The first-order valence-corrected chi connectivity index (χ1v) is 11.9. The maximum absolute atomic E-state index is 14.7. The molecule has 1 aliphatic carbocycles. The van der Waals surface area contributed by atoms with Gasteiger partial charge in [0.25, 0.3) is 5.91 Å². The molecule has 2 fully saturated rings. The molecule has 1 aliphatic heterocycles. The lowest BCUT2D eigenvalue weighted by Crippen LogP contribution is -2.46. The van der Waals surface area contributed by atoms with Crippen LogP contribution in [0.2, 0.25) is 0 Å². The zero-order chi connectivity index (χ0) is 25.4. The number of anilines is 2. The van der Waals surface area contributed by atoms with Gasteiger partial charge in [0.05, 0.1) is 16.9 Å². The third-order valence-electron chi connectivity index (χ3n) is 7.02. The molecule has 36 heavy (non-hydrogen) atoms. The van der Waals surface area contributed by atoms with E-state index in [2.05, 4.69) is 27.2 Å². The number of pyridine rings is 1. The Morgan fingerprint density at radius 3 is 2.39 bits per heavy atom. The van der Waals surface area contributed by atoms with E-state index in [9.17, 15) is 22.4 Å². The molecule has 5 rings (SSSR count). The molecule has 1 atom stereocenters. The number of rotatable bonds is 5. The lowest BCUT2D eigenvalue weighted by atomic mass is 9.83. The summed E-state index contributed by atoms with van der Waals surface area (Å²) >= 11 is 0. The van der Waals surface area contributed by atoms with Gasteiger partial charge in [-0.15, -0.1) is 0 Å². The molecule has 1 N–H and O–H groups in total. The Hall–Kier alpha value is -3.56. The average molecular weight is 500 g/mol. The standard InChI is InChI=1S/C26H25F4N5O/c1-15-7-11-35(15)25-32-13-17(14-33-25)24(36)34-23-19(20-12-18(27)2-3-21(20)28)6-10-31-22(23)16-4-8-26(29,30)9-5-16/h2-3,6,10,12-16H,4-5,7-9,11H2,1H3,(H,34,36)/t15-/m0/s1. The van der Waals surface area contributed by atoms with Crippen LogP contribution in [0.3, 0.4) is 0 Å². The monoisotopic (exact) mass is 499 g/mol. The molecule has 10 heteroatoms. The van der Waals surface area contributed by atoms with Crippen LogP contribution < -0.4 is 10.2 Å². The van der Waals surface area contributed by atoms with Gasteiger partial charge in [-0.2, -0.15) is 0 Å². The van der Waals surface area contributed by atoms with Gasteiger partial charge in [-0.25, -0.2) is 27.5 Å². The van der Waals surface area contributed by atoms with Crippen LogP contribution in [-0.4, -0.2) is 39.4 Å². The SMILES string of the molecule is C[C@H]1CCN1c1ncc(C(=O)Nc2c(-c3cc(F)ccc3F)ccnc2C2CCC(F)(F)CC2)cn1. The first-order valence-electron chi connectivity index (χ1n) is 11.9. The van der Waals surface area contributed by atoms with Crippen LogP contribution >= 0.6 is 0 Å². The molecule has 0 radical (unpaired) electrons. The third-order valence-corrected chi connectivity index (χ3v) is 7.02. The summed E-state index contributed by atoms with van der Waals surface area (Å²) in [6.45, 7) is 2.90. The Kier molecular flexibility index (Phi) is 6.36. The molecule has 1 amide bonds. The fourth-order valence-electron chi connectivity index (χ4n) is 4.75. The predicted octanol–water partition coefficient (Wildman–Crippen LogP) is 5.96. The van der Waals surface area contributed by atoms with Gasteiger partial charge in [0.2, 0.25) is 11.9 Å². The maximum atomic E-state index is 14.7. The first kappa shape index (κ1) is 24.1. The lowest BCUT2D eigenvalue weighted by Gasteiger charge is -2.38. The average Bonchev–Trinajstić information content (AvgIpc) is 2.85. The molecule has 1 saturated carbocycles. The van der Waals surface area contributed by atoms with Gasteiger partial charge in [0, 0.05) is 61.1 Å². The summed E-state index contributed by atoms with van der Waals surface area (Å²) in [6.07, 6.45) is 4.97. The topological polar surface area (TPSA) is 71.0 Å². The number of nitrogens with one attached hydrogen (secondary N) is 1. The zero-order valence-corrected chi connectivity index (χ0v) is 19.6.